The predicted octanol–water partition coefficient (Wildman–Crippen LogP) is 1.72. The Kier molecular flexibility index (Phi) is 5.68. The van der Waals surface area contributed by atoms with Gasteiger partial charge in [-0.2, -0.15) is 0 Å². The average Bonchev–Trinajstić information content (AvgIpc) is 2.35. The highest BCUT2D eigenvalue weighted by atomic mass is 19.1. The highest BCUT2D eigenvalue weighted by Gasteiger charge is 2.02. The van der Waals surface area contributed by atoms with Gasteiger partial charge < -0.3 is 14.2 Å². The van der Waals surface area contributed by atoms with E-state index in [0.717, 1.165) is 0 Å². The maximum absolute atomic E-state index is 13.5. The smallest absolute Gasteiger partial charge is 0.384 e. The molecular formula is C13H13FO4. The van der Waals surface area contributed by atoms with Crippen LogP contribution in [0.4, 0.5) is 4.39 Å². The molecule has 5 heteroatoms. The Labute approximate surface area is 105 Å². The molecule has 4 nitrogen and oxygen atoms in total. The molecule has 0 amide bonds. The van der Waals surface area contributed by atoms with Gasteiger partial charge in [0.25, 0.3) is 0 Å². The van der Waals surface area contributed by atoms with Crippen LogP contribution < -0.4 is 4.74 Å². The number of esters is 1. The molecule has 1 aromatic rings. The maximum atomic E-state index is 13.5. The number of rotatable bonds is 4. The fourth-order valence-corrected chi connectivity index (χ4v) is 1.10. The number of carbonyl (C=O) groups excluding carboxylic acids is 1. The monoisotopic (exact) mass is 252 g/mol. The lowest BCUT2D eigenvalue weighted by Gasteiger charge is -2.04. The molecule has 1 rings (SSSR count). The molecule has 0 saturated heterocycles. The van der Waals surface area contributed by atoms with E-state index in [2.05, 4.69) is 21.3 Å². The van der Waals surface area contributed by atoms with Crippen LogP contribution in [0.5, 0.6) is 5.75 Å². The molecule has 18 heavy (non-hydrogen) atoms. The molecular weight excluding hydrogens is 239 g/mol. The summed E-state index contributed by atoms with van der Waals surface area (Å²) >= 11 is 0. The Morgan fingerprint density at radius 1 is 1.44 bits per heavy atom. The highest BCUT2D eigenvalue weighted by Crippen LogP contribution is 2.15. The van der Waals surface area contributed by atoms with E-state index in [4.69, 9.17) is 4.74 Å². The molecule has 0 fully saturated rings. The van der Waals surface area contributed by atoms with E-state index in [1.54, 1.807) is 6.92 Å². The number of benzene rings is 1. The zero-order chi connectivity index (χ0) is 13.4. The summed E-state index contributed by atoms with van der Waals surface area (Å²) in [5.41, 5.74) is 0.104. The lowest BCUT2D eigenvalue weighted by atomic mass is 10.2. The first kappa shape index (κ1) is 14.0. The van der Waals surface area contributed by atoms with Gasteiger partial charge in [0.15, 0.2) is 6.79 Å². The molecule has 0 aliphatic rings. The molecule has 0 unspecified atom stereocenters. The van der Waals surface area contributed by atoms with Crippen molar-refractivity contribution in [2.45, 2.75) is 6.92 Å². The lowest BCUT2D eigenvalue weighted by Crippen LogP contribution is -2.00. The topological polar surface area (TPSA) is 44.8 Å². The third-order valence-electron chi connectivity index (χ3n) is 1.86. The quantitative estimate of drug-likeness (QED) is 0.465. The molecule has 1 aromatic carbocycles. The van der Waals surface area contributed by atoms with Crippen LogP contribution in [0.15, 0.2) is 18.2 Å². The molecule has 0 aliphatic heterocycles. The molecule has 0 bridgehead atoms. The SMILES string of the molecule is CCOC(=O)C#Cc1ccc(OCOC)cc1F. The van der Waals surface area contributed by atoms with E-state index in [9.17, 15) is 9.18 Å². The van der Waals surface area contributed by atoms with Crippen molar-refractivity contribution in [1.82, 2.24) is 0 Å². The van der Waals surface area contributed by atoms with Crippen molar-refractivity contribution in [2.75, 3.05) is 20.5 Å². The Morgan fingerprint density at radius 3 is 2.83 bits per heavy atom. The average molecular weight is 252 g/mol. The summed E-state index contributed by atoms with van der Waals surface area (Å²) in [5.74, 6) is 3.66. The first-order valence-electron chi connectivity index (χ1n) is 5.27. The zero-order valence-corrected chi connectivity index (χ0v) is 10.2. The minimum absolute atomic E-state index is 0.0350. The summed E-state index contributed by atoms with van der Waals surface area (Å²) < 4.78 is 27.9. The summed E-state index contributed by atoms with van der Waals surface area (Å²) in [5, 5.41) is 0. The van der Waals surface area contributed by atoms with Gasteiger partial charge in [0.1, 0.15) is 11.6 Å². The largest absolute Gasteiger partial charge is 0.467 e. The summed E-state index contributed by atoms with van der Waals surface area (Å²) in [4.78, 5) is 11.0. The predicted molar refractivity (Wildman–Crippen MR) is 62.4 cm³/mol. The van der Waals surface area contributed by atoms with Gasteiger partial charge in [0.2, 0.25) is 0 Å². The molecule has 0 radical (unpaired) electrons. The van der Waals surface area contributed by atoms with Crippen LogP contribution in [-0.2, 0) is 14.3 Å². The van der Waals surface area contributed by atoms with Gasteiger partial charge in [0, 0.05) is 19.1 Å². The van der Waals surface area contributed by atoms with Gasteiger partial charge in [-0.25, -0.2) is 9.18 Å². The first-order chi connectivity index (χ1) is 8.67. The number of hydrogen-bond donors (Lipinski definition) is 0. The third kappa shape index (κ3) is 4.44. The highest BCUT2D eigenvalue weighted by molar-refractivity contribution is 5.89. The van der Waals surface area contributed by atoms with E-state index in [1.807, 2.05) is 0 Å². The van der Waals surface area contributed by atoms with E-state index < -0.39 is 11.8 Å². The Bertz CT molecular complexity index is 474. The number of ether oxygens (including phenoxy) is 3. The number of halogens is 1. The van der Waals surface area contributed by atoms with E-state index in [1.165, 1.54) is 25.3 Å². The fourth-order valence-electron chi connectivity index (χ4n) is 1.10. The second kappa shape index (κ2) is 7.30. The molecule has 0 aliphatic carbocycles. The molecule has 96 valence electrons. The molecule has 0 heterocycles. The second-order valence-electron chi connectivity index (χ2n) is 3.16. The van der Waals surface area contributed by atoms with Crippen molar-refractivity contribution in [3.8, 4) is 17.6 Å². The van der Waals surface area contributed by atoms with E-state index >= 15 is 0 Å². The number of hydrogen-bond acceptors (Lipinski definition) is 4. The number of methoxy groups -OCH3 is 1. The molecule has 0 N–H and O–H groups in total. The maximum Gasteiger partial charge on any atom is 0.384 e. The summed E-state index contributed by atoms with van der Waals surface area (Å²) in [7, 11) is 1.47. The Balaban J connectivity index is 2.76. The zero-order valence-electron chi connectivity index (χ0n) is 10.2. The standard InChI is InChI=1S/C13H13FO4/c1-3-17-13(15)7-5-10-4-6-11(8-12(10)14)18-9-16-2/h4,6,8H,3,9H2,1-2H3. The molecule has 0 spiro atoms. The molecule has 0 aromatic heterocycles. The van der Waals surface area contributed by atoms with E-state index in [-0.39, 0.29) is 19.0 Å². The lowest BCUT2D eigenvalue weighted by molar-refractivity contribution is -0.136. The van der Waals surface area contributed by atoms with Crippen molar-refractivity contribution in [3.63, 3.8) is 0 Å². The second-order valence-corrected chi connectivity index (χ2v) is 3.16. The fraction of sp³-hybridized carbons (Fsp3) is 0.308. The van der Waals surface area contributed by atoms with Crippen LogP contribution in [0.3, 0.4) is 0 Å². The Hall–Kier alpha value is -2.06. The van der Waals surface area contributed by atoms with Gasteiger partial charge in [-0.05, 0) is 19.1 Å². The van der Waals surface area contributed by atoms with Crippen LogP contribution >= 0.6 is 0 Å². The van der Waals surface area contributed by atoms with Gasteiger partial charge in [-0.15, -0.1) is 0 Å². The van der Waals surface area contributed by atoms with Crippen LogP contribution in [0.2, 0.25) is 0 Å². The summed E-state index contributed by atoms with van der Waals surface area (Å²) in [6.07, 6.45) is 0. The first-order valence-corrected chi connectivity index (χ1v) is 5.27. The minimum Gasteiger partial charge on any atom is -0.467 e. The normalized spacial score (nSPS) is 9.28. The summed E-state index contributed by atoms with van der Waals surface area (Å²) in [6.45, 7) is 1.94. The Morgan fingerprint density at radius 2 is 2.22 bits per heavy atom. The van der Waals surface area contributed by atoms with Crippen molar-refractivity contribution < 1.29 is 23.4 Å². The van der Waals surface area contributed by atoms with Crippen molar-refractivity contribution >= 4 is 5.97 Å². The summed E-state index contributed by atoms with van der Waals surface area (Å²) in [6, 6.07) is 4.14. The molecule has 0 saturated carbocycles. The number of carbonyl (C=O) groups is 1. The van der Waals surface area contributed by atoms with Crippen LogP contribution in [0.25, 0.3) is 0 Å². The van der Waals surface area contributed by atoms with Crippen molar-refractivity contribution in [2.24, 2.45) is 0 Å². The van der Waals surface area contributed by atoms with Gasteiger partial charge >= 0.3 is 5.97 Å². The molecule has 0 atom stereocenters. The van der Waals surface area contributed by atoms with Crippen LogP contribution in [0.1, 0.15) is 12.5 Å². The van der Waals surface area contributed by atoms with Crippen LogP contribution in [0, 0.1) is 17.7 Å². The van der Waals surface area contributed by atoms with Gasteiger partial charge in [-0.1, -0.05) is 5.92 Å². The van der Waals surface area contributed by atoms with Crippen molar-refractivity contribution in [1.29, 1.82) is 0 Å². The minimum atomic E-state index is -0.684. The van der Waals surface area contributed by atoms with Gasteiger partial charge in [-0.3, -0.25) is 0 Å². The third-order valence-corrected chi connectivity index (χ3v) is 1.86. The van der Waals surface area contributed by atoms with E-state index in [0.29, 0.717) is 5.75 Å². The van der Waals surface area contributed by atoms with Crippen molar-refractivity contribution in [3.05, 3.63) is 29.6 Å². The van der Waals surface area contributed by atoms with Gasteiger partial charge in [0.05, 0.1) is 12.2 Å². The van der Waals surface area contributed by atoms with Crippen LogP contribution in [-0.4, -0.2) is 26.5 Å².